The van der Waals surface area contributed by atoms with Crippen LogP contribution in [0.15, 0.2) is 63.4 Å². The van der Waals surface area contributed by atoms with Crippen molar-refractivity contribution in [3.05, 3.63) is 86.1 Å². The Morgan fingerprint density at radius 1 is 0.413 bits per heavy atom. The minimum atomic E-state index is -3.72. The first-order chi connectivity index (χ1) is 58.2. The van der Waals surface area contributed by atoms with Crippen molar-refractivity contribution in [3.8, 4) is 0 Å². The Hall–Kier alpha value is -5.49. The van der Waals surface area contributed by atoms with Gasteiger partial charge in [0.15, 0.2) is 0 Å². The van der Waals surface area contributed by atoms with Crippen molar-refractivity contribution in [2.75, 3.05) is 236 Å². The quantitative estimate of drug-likeness (QED) is 0.00352. The first kappa shape index (κ1) is 141. The van der Waals surface area contributed by atoms with Crippen LogP contribution in [-0.2, 0) is 128 Å². The first-order valence-corrected chi connectivity index (χ1v) is 43.5. The molecule has 0 aromatic heterocycles. The summed E-state index contributed by atoms with van der Waals surface area (Å²) >= 11 is 2.71. The summed E-state index contributed by atoms with van der Waals surface area (Å²) in [5.41, 5.74) is 26.3. The average Bonchev–Trinajstić information content (AvgIpc) is 0.766. The van der Waals surface area contributed by atoms with Gasteiger partial charge in [0, 0.05) is 54.7 Å². The number of carbonyl (C=O) groups is 6. The molecule has 0 aliphatic rings. The smallest absolute Gasteiger partial charge is 0.481 e. The number of carboxylic acids is 2. The van der Waals surface area contributed by atoms with Crippen LogP contribution in [0, 0.1) is 13.8 Å². The van der Waals surface area contributed by atoms with Crippen molar-refractivity contribution >= 4 is 82.0 Å². The Morgan fingerprint density at radius 3 is 0.921 bits per heavy atom. The third-order valence-electron chi connectivity index (χ3n) is 11.2. The number of nitrogens with two attached hydrogens (primary N) is 1. The Morgan fingerprint density at radius 2 is 0.667 bits per heavy atom. The van der Waals surface area contributed by atoms with Crippen LogP contribution in [0.2, 0.25) is 0 Å². The number of rotatable bonds is 55. The number of esters is 2. The Bertz CT molecular complexity index is 3100. The number of aryl methyl sites for hydroxylation is 2. The number of carboxylic acid groups (broad SMARTS) is 2. The van der Waals surface area contributed by atoms with Crippen molar-refractivity contribution < 1.29 is 205 Å². The van der Waals surface area contributed by atoms with Gasteiger partial charge in [0.25, 0.3) is 19.2 Å². The van der Waals surface area contributed by atoms with Crippen LogP contribution in [0.1, 0.15) is 127 Å². The van der Waals surface area contributed by atoms with Gasteiger partial charge in [0.05, 0.1) is 208 Å². The van der Waals surface area contributed by atoms with Crippen LogP contribution in [0.3, 0.4) is 0 Å². The van der Waals surface area contributed by atoms with E-state index in [9.17, 15) is 45.6 Å². The molecule has 49 heteroatoms. The number of benzene rings is 2. The van der Waals surface area contributed by atoms with Crippen LogP contribution in [0.4, 0.5) is 9.59 Å². The largest absolute Gasteiger partial charge is 1.00 e. The molecule has 0 saturated carbocycles. The zero-order valence-corrected chi connectivity index (χ0v) is 81.1. The molecule has 0 fully saturated rings. The van der Waals surface area contributed by atoms with E-state index >= 15 is 0 Å². The van der Waals surface area contributed by atoms with Gasteiger partial charge in [-0.15, -0.1) is 0 Å². The van der Waals surface area contributed by atoms with E-state index in [0.29, 0.717) is 184 Å². The van der Waals surface area contributed by atoms with Crippen LogP contribution < -0.4 is 35.3 Å². The van der Waals surface area contributed by atoms with Crippen molar-refractivity contribution in [2.45, 2.75) is 162 Å². The van der Waals surface area contributed by atoms with Gasteiger partial charge < -0.3 is 143 Å². The molecule has 126 heavy (non-hydrogen) atoms. The second kappa shape index (κ2) is 98.5. The molecule has 0 heterocycles. The molecule has 0 bridgehead atoms. The second-order valence-electron chi connectivity index (χ2n) is 27.2. The molecule has 736 valence electrons. The molecule has 0 amide bonds. The molecule has 0 atom stereocenters. The van der Waals surface area contributed by atoms with Gasteiger partial charge >= 0.3 is 65.7 Å². The monoisotopic (exact) mass is 1960 g/mol. The fourth-order valence-electron chi connectivity index (χ4n) is 6.54. The van der Waals surface area contributed by atoms with E-state index in [2.05, 4.69) is 30.7 Å². The number of ether oxygens (including phenoxy) is 18. The van der Waals surface area contributed by atoms with Crippen molar-refractivity contribution in [1.82, 2.24) is 0 Å². The maximum atomic E-state index is 11.8. The molecule has 10 N–H and O–H groups in total. The molecule has 0 unspecified atom stereocenters. The molecule has 2 aromatic carbocycles. The zero-order chi connectivity index (χ0) is 96.3. The number of azide groups is 1. The van der Waals surface area contributed by atoms with Crippen LogP contribution in [-0.4, -0.2) is 353 Å². The van der Waals surface area contributed by atoms with Gasteiger partial charge in [-0.2, -0.15) is 8.42 Å². The number of halogens is 2. The van der Waals surface area contributed by atoms with Gasteiger partial charge in [-0.3, -0.25) is 23.5 Å². The van der Waals surface area contributed by atoms with E-state index in [1.807, 2.05) is 55.4 Å². The maximum absolute atomic E-state index is 11.8. The molecule has 0 spiro atoms. The van der Waals surface area contributed by atoms with Crippen molar-refractivity contribution in [3.63, 3.8) is 0 Å². The Labute approximate surface area is 778 Å². The number of hydrogen-bond acceptors (Lipinski definition) is 37. The number of aliphatic carboxylic acids is 2. The number of aliphatic hydroxyl groups is 6. The topological polar surface area (TPSA) is 641 Å². The zero-order valence-electron chi connectivity index (χ0n) is 75.2. The van der Waals surface area contributed by atoms with E-state index in [4.69, 9.17) is 159 Å². The summed E-state index contributed by atoms with van der Waals surface area (Å²) in [4.78, 5) is 68.5. The molecule has 0 radical (unpaired) electrons. The number of alkyl halides is 1. The first-order valence-electron chi connectivity index (χ1n) is 38.6. The molecule has 2 aromatic rings. The van der Waals surface area contributed by atoms with E-state index in [-0.39, 0.29) is 137 Å². The number of carbonyl (C=O) groups excluding carboxylic acids is 4. The maximum Gasteiger partial charge on any atom is 1.00 e. The molecule has 0 aliphatic heterocycles. The summed E-state index contributed by atoms with van der Waals surface area (Å²) in [6, 6.07) is 12.8. The fourth-order valence-corrected chi connectivity index (χ4v) is 8.20. The van der Waals surface area contributed by atoms with E-state index < -0.39 is 65.8 Å². The van der Waals surface area contributed by atoms with Crippen LogP contribution >= 0.6 is 26.6 Å². The third kappa shape index (κ3) is 134. The molecule has 0 saturated heterocycles. The van der Waals surface area contributed by atoms with Gasteiger partial charge in [0.1, 0.15) is 34.3 Å². The predicted octanol–water partition coefficient (Wildman–Crippen LogP) is 5.17. The van der Waals surface area contributed by atoms with E-state index in [1.165, 1.54) is 29.2 Å². The summed E-state index contributed by atoms with van der Waals surface area (Å²) in [5, 5.41) is 69.4. The molecule has 44 nitrogen and oxygen atoms in total. The second-order valence-corrected chi connectivity index (χ2v) is 32.0. The standard InChI is InChI=1S/C14H26O7.C13H20O6S.C12H24O5.C10H18O5.C7H7ClO2S.C6H13N3O3.C6H15NO3.C6H14O4.C2H3BrO2.CH4.N3.Na/c1-14(2,3)21-13(17)5-4-6-18-7-8-19-9-10-20-11-12(15)16;1-12-2-4-13(5-3-12)20(15,16)19-11-10-18-9-8-17-7-6-14;1-12(2,3)17-11(14)5-4-7-15-9-10-16-8-6-13;1-9(2,3)14-7(11)13-8(12)15-10(4,5)6;1-6-2-4-7(5-3-6)11(8,9)10;7-9-8-1-3-11-5-6-12-4-2-10;2*7-1-3-9-5-6-10-4-2-8;3-1-2(4)5;;1-3-2;/h4-11H2,1-3H3,(H,15,16);2-5,14H,6-11H2,1H3;13H,4-10H2,1-3H3;1-6H3;2-5H,1H3;10H,1-6H2;8H,1-7H2;7-8H,1-6H2;1H2,(H,4,5);1H4;;/q;;;;;;;;;;-1;+1. The number of nitrogens with zero attached hydrogens (tertiary/aromatic N) is 6. The van der Waals surface area contributed by atoms with Gasteiger partial charge in [-0.05, 0) is 140 Å². The summed E-state index contributed by atoms with van der Waals surface area (Å²) in [6.45, 7) is 35.6. The number of aliphatic hydroxyl groups excluding tert-OH is 6. The van der Waals surface area contributed by atoms with E-state index in [1.54, 1.807) is 65.8 Å². The molecular formula is C77H144BrClN7NaO37S2. The van der Waals surface area contributed by atoms with Gasteiger partial charge in [-0.25, -0.2) is 22.8 Å². The SMILES string of the molecule is C.CC(C)(C)OC(=O)CCCOCCOCCO.CC(C)(C)OC(=O)CCCOCCOCCOCC(=O)O.CC(C)(C)OC(=O)OC(=O)OC(C)(C)C.Cc1ccc(S(=O)(=O)Cl)cc1.Cc1ccc(S(=O)(=O)OCCOCCOCCO)cc1.NCCOCCOCCO.O=C(O)CBr.OCCOCCOCCO.[N-]=[N+]=NCCOCCOCCO.[N-]=[N+]=[N-].[Na+]. The summed E-state index contributed by atoms with van der Waals surface area (Å²) < 4.78 is 139. The van der Waals surface area contributed by atoms with Crippen molar-refractivity contribution in [1.29, 1.82) is 0 Å². The minimum absolute atomic E-state index is 0. The summed E-state index contributed by atoms with van der Waals surface area (Å²) in [7, 11) is -2.19. The summed E-state index contributed by atoms with van der Waals surface area (Å²) in [5.74, 6) is -2.25. The summed E-state index contributed by atoms with van der Waals surface area (Å²) in [6.07, 6.45) is -0.157. The van der Waals surface area contributed by atoms with Crippen LogP contribution in [0.5, 0.6) is 0 Å². The average molecular weight is 1960 g/mol. The number of hydrogen-bond donors (Lipinski definition) is 9. The van der Waals surface area contributed by atoms with E-state index in [0.717, 1.165) is 11.1 Å². The molecule has 2 rings (SSSR count). The fraction of sp³-hybridized carbons (Fsp3) is 0.766. The molecular weight excluding hydrogens is 1820 g/mol. The van der Waals surface area contributed by atoms with Gasteiger partial charge in [-0.1, -0.05) is 63.9 Å². The van der Waals surface area contributed by atoms with Crippen molar-refractivity contribution in [2.24, 2.45) is 10.8 Å². The minimum Gasteiger partial charge on any atom is -0.481 e. The van der Waals surface area contributed by atoms with Crippen LogP contribution in [0.25, 0.3) is 26.4 Å². The Balaban J connectivity index is -0.000000152. The van der Waals surface area contributed by atoms with Gasteiger partial charge in [0.2, 0.25) is 0 Å². The molecule has 0 aliphatic carbocycles. The third-order valence-corrected chi connectivity index (χ3v) is 14.4. The Kier molecular flexibility index (Phi) is 110. The predicted molar refractivity (Wildman–Crippen MR) is 464 cm³/mol. The normalized spacial score (nSPS) is 10.6.